The van der Waals surface area contributed by atoms with Gasteiger partial charge in [-0.2, -0.15) is 0 Å². The summed E-state index contributed by atoms with van der Waals surface area (Å²) in [5, 5.41) is 3.30. The van der Waals surface area contributed by atoms with E-state index >= 15 is 0 Å². The van der Waals surface area contributed by atoms with Gasteiger partial charge in [-0.05, 0) is 69.6 Å². The monoisotopic (exact) mass is 467 g/mol. The molecule has 0 aromatic heterocycles. The second-order valence-electron chi connectivity index (χ2n) is 9.35. The Bertz CT molecular complexity index is 1030. The van der Waals surface area contributed by atoms with E-state index in [1.165, 1.54) is 7.11 Å². The van der Waals surface area contributed by atoms with E-state index in [4.69, 9.17) is 14.2 Å². The molecule has 1 aromatic rings. The van der Waals surface area contributed by atoms with E-state index in [0.717, 1.165) is 36.9 Å². The lowest BCUT2D eigenvalue weighted by Crippen LogP contribution is -2.43. The second kappa shape index (κ2) is 10.0. The normalized spacial score (nSPS) is 25.1. The second-order valence-corrected chi connectivity index (χ2v) is 9.35. The lowest BCUT2D eigenvalue weighted by atomic mass is 9.69. The summed E-state index contributed by atoms with van der Waals surface area (Å²) in [7, 11) is 1.30. The van der Waals surface area contributed by atoms with Crippen molar-refractivity contribution in [1.82, 2.24) is 5.32 Å². The van der Waals surface area contributed by atoms with E-state index in [0.29, 0.717) is 35.6 Å². The molecule has 34 heavy (non-hydrogen) atoms. The Labute approximate surface area is 200 Å². The van der Waals surface area contributed by atoms with Crippen LogP contribution in [0, 0.1) is 11.8 Å². The molecule has 0 amide bonds. The molecule has 7 heteroatoms. The van der Waals surface area contributed by atoms with Crippen molar-refractivity contribution in [3.63, 3.8) is 0 Å². The first-order chi connectivity index (χ1) is 16.3. The van der Waals surface area contributed by atoms with E-state index in [9.17, 15) is 14.4 Å². The average molecular weight is 468 g/mol. The molecule has 1 heterocycles. The number of carbonyl (C=O) groups excluding carboxylic acids is 3. The van der Waals surface area contributed by atoms with Gasteiger partial charge >= 0.3 is 11.9 Å². The van der Waals surface area contributed by atoms with E-state index in [2.05, 4.69) is 5.32 Å². The van der Waals surface area contributed by atoms with Crippen LogP contribution in [0.2, 0.25) is 0 Å². The highest BCUT2D eigenvalue weighted by atomic mass is 16.5. The van der Waals surface area contributed by atoms with Gasteiger partial charge in [0.1, 0.15) is 17.8 Å². The van der Waals surface area contributed by atoms with Gasteiger partial charge in [0.25, 0.3) is 0 Å². The van der Waals surface area contributed by atoms with Crippen LogP contribution in [0.5, 0.6) is 5.75 Å². The van der Waals surface area contributed by atoms with Crippen LogP contribution in [-0.2, 0) is 23.9 Å². The fourth-order valence-corrected chi connectivity index (χ4v) is 5.43. The fourth-order valence-electron chi connectivity index (χ4n) is 5.43. The topological polar surface area (TPSA) is 90.9 Å². The van der Waals surface area contributed by atoms with Crippen molar-refractivity contribution < 1.29 is 28.6 Å². The Kier molecular flexibility index (Phi) is 7.10. The number of hydrogen-bond donors (Lipinski definition) is 1. The highest BCUT2D eigenvalue weighted by Crippen LogP contribution is 2.46. The molecule has 0 radical (unpaired) electrons. The van der Waals surface area contributed by atoms with Gasteiger partial charge in [0, 0.05) is 22.9 Å². The van der Waals surface area contributed by atoms with Crippen LogP contribution in [0.25, 0.3) is 0 Å². The summed E-state index contributed by atoms with van der Waals surface area (Å²) in [5.74, 6) is -2.30. The molecule has 3 aliphatic rings. The van der Waals surface area contributed by atoms with Crippen LogP contribution in [-0.4, -0.2) is 37.5 Å². The van der Waals surface area contributed by atoms with Crippen LogP contribution in [0.15, 0.2) is 46.8 Å². The van der Waals surface area contributed by atoms with Gasteiger partial charge in [0.15, 0.2) is 5.78 Å². The van der Waals surface area contributed by atoms with Crippen molar-refractivity contribution in [3.05, 3.63) is 52.4 Å². The van der Waals surface area contributed by atoms with Crippen molar-refractivity contribution in [2.24, 2.45) is 11.8 Å². The van der Waals surface area contributed by atoms with E-state index in [1.807, 2.05) is 45.0 Å². The van der Waals surface area contributed by atoms with E-state index in [-0.39, 0.29) is 17.8 Å². The summed E-state index contributed by atoms with van der Waals surface area (Å²) < 4.78 is 16.4. The number of ketones is 1. The predicted molar refractivity (Wildman–Crippen MR) is 126 cm³/mol. The van der Waals surface area contributed by atoms with Crippen molar-refractivity contribution in [1.29, 1.82) is 0 Å². The van der Waals surface area contributed by atoms with Crippen LogP contribution < -0.4 is 10.1 Å². The maximum atomic E-state index is 13.7. The number of carbonyl (C=O) groups is 3. The third-order valence-electron chi connectivity index (χ3n) is 7.06. The molecule has 1 aliphatic heterocycles. The van der Waals surface area contributed by atoms with E-state index in [1.54, 1.807) is 0 Å². The van der Waals surface area contributed by atoms with Gasteiger partial charge in [-0.15, -0.1) is 0 Å². The van der Waals surface area contributed by atoms with Crippen molar-refractivity contribution in [2.45, 2.75) is 64.9 Å². The third-order valence-corrected chi connectivity index (χ3v) is 7.06. The summed E-state index contributed by atoms with van der Waals surface area (Å²) in [5.41, 5.74) is 3.08. The lowest BCUT2D eigenvalue weighted by Gasteiger charge is -2.38. The Morgan fingerprint density at radius 1 is 1.12 bits per heavy atom. The molecule has 2 aliphatic carbocycles. The molecule has 4 rings (SSSR count). The first-order valence-electron chi connectivity index (χ1n) is 12.1. The SMILES string of the molecule is CCOc1ccc([C@H]2C(C(=O)OC3CCCC3)=C(C)NC3=C2C(=O)[C@@H](C(=O)OC)[C@H](C)C3)cc1. The minimum atomic E-state index is -0.902. The number of Topliss-reactive ketones (excluding diaryl/α,β-unsaturated/α-hetero) is 1. The zero-order chi connectivity index (χ0) is 24.4. The van der Waals surface area contributed by atoms with Crippen LogP contribution in [0.3, 0.4) is 0 Å². The third kappa shape index (κ3) is 4.48. The Hall–Kier alpha value is -3.09. The van der Waals surface area contributed by atoms with Gasteiger partial charge in [-0.1, -0.05) is 19.1 Å². The molecule has 7 nitrogen and oxygen atoms in total. The molecular weight excluding hydrogens is 434 g/mol. The molecule has 1 saturated carbocycles. The van der Waals surface area contributed by atoms with Gasteiger partial charge in [0.05, 0.1) is 19.3 Å². The number of hydrogen-bond acceptors (Lipinski definition) is 7. The molecule has 0 bridgehead atoms. The predicted octanol–water partition coefficient (Wildman–Crippen LogP) is 4.18. The maximum absolute atomic E-state index is 13.7. The number of esters is 2. The highest BCUT2D eigenvalue weighted by Gasteiger charge is 2.47. The Morgan fingerprint density at radius 3 is 2.41 bits per heavy atom. The van der Waals surface area contributed by atoms with Crippen molar-refractivity contribution in [2.75, 3.05) is 13.7 Å². The largest absolute Gasteiger partial charge is 0.494 e. The number of nitrogens with one attached hydrogen (secondary N) is 1. The molecule has 3 atom stereocenters. The number of ether oxygens (including phenoxy) is 3. The molecule has 0 unspecified atom stereocenters. The number of benzene rings is 1. The van der Waals surface area contributed by atoms with Gasteiger partial charge < -0.3 is 19.5 Å². The summed E-state index contributed by atoms with van der Waals surface area (Å²) >= 11 is 0. The lowest BCUT2D eigenvalue weighted by molar-refractivity contribution is -0.151. The highest BCUT2D eigenvalue weighted by molar-refractivity contribution is 6.12. The summed E-state index contributed by atoms with van der Waals surface area (Å²) in [6.45, 7) is 6.17. The van der Waals surface area contributed by atoms with Crippen molar-refractivity contribution in [3.8, 4) is 5.75 Å². The minimum Gasteiger partial charge on any atom is -0.494 e. The van der Waals surface area contributed by atoms with Crippen LogP contribution in [0.4, 0.5) is 0 Å². The van der Waals surface area contributed by atoms with Gasteiger partial charge in [0.2, 0.25) is 0 Å². The quantitative estimate of drug-likeness (QED) is 0.496. The Morgan fingerprint density at radius 2 is 1.79 bits per heavy atom. The molecular formula is C27H33NO6. The zero-order valence-corrected chi connectivity index (χ0v) is 20.3. The van der Waals surface area contributed by atoms with Gasteiger partial charge in [-0.3, -0.25) is 9.59 Å². The zero-order valence-electron chi connectivity index (χ0n) is 20.3. The Balaban J connectivity index is 1.78. The number of allylic oxidation sites excluding steroid dienone is 3. The number of rotatable bonds is 6. The average Bonchev–Trinajstić information content (AvgIpc) is 3.31. The molecule has 0 saturated heterocycles. The smallest absolute Gasteiger partial charge is 0.337 e. The fraction of sp³-hybridized carbons (Fsp3) is 0.519. The summed E-state index contributed by atoms with van der Waals surface area (Å²) in [6, 6.07) is 7.43. The molecule has 1 aromatic carbocycles. The first kappa shape index (κ1) is 24.0. The molecule has 182 valence electrons. The summed E-state index contributed by atoms with van der Waals surface area (Å²) in [6.07, 6.45) is 4.21. The first-order valence-corrected chi connectivity index (χ1v) is 12.1. The molecule has 1 fully saturated rings. The standard InChI is InChI=1S/C27H33NO6/c1-5-33-18-12-10-17(11-13-18)23-22(27(31)34-19-8-6-7-9-19)16(3)28-20-14-15(2)21(26(30)32-4)25(29)24(20)23/h10-13,15,19,21,23,28H,5-9,14H2,1-4H3/t15-,21+,23+/m1/s1. The molecule has 0 spiro atoms. The summed E-state index contributed by atoms with van der Waals surface area (Å²) in [4.78, 5) is 39.7. The van der Waals surface area contributed by atoms with Crippen LogP contribution in [0.1, 0.15) is 64.4 Å². The minimum absolute atomic E-state index is 0.103. The maximum Gasteiger partial charge on any atom is 0.337 e. The van der Waals surface area contributed by atoms with Crippen molar-refractivity contribution >= 4 is 17.7 Å². The van der Waals surface area contributed by atoms with E-state index < -0.39 is 23.8 Å². The van der Waals surface area contributed by atoms with Crippen LogP contribution >= 0.6 is 0 Å². The molecule has 1 N–H and O–H groups in total. The number of dihydropyridines is 1. The number of methoxy groups -OCH3 is 1. The van der Waals surface area contributed by atoms with Gasteiger partial charge in [-0.25, -0.2) is 4.79 Å².